The first-order valence-electron chi connectivity index (χ1n) is 6.51. The fourth-order valence-corrected chi connectivity index (χ4v) is 1.73. The molecule has 0 aromatic rings. The molecular weight excluding hydrogens is 224 g/mol. The summed E-state index contributed by atoms with van der Waals surface area (Å²) >= 11 is 0. The summed E-state index contributed by atoms with van der Waals surface area (Å²) in [4.78, 5) is 8.98. The lowest BCUT2D eigenvalue weighted by Crippen LogP contribution is -2.44. The standard InChI is InChI=1S/C14H24N4/c1-4-6-7-11(5-2)17-10(3)14(16)18-13-9-8-12(13)15/h4,6-7,11-13H,1,5,8-9,15H2,2-3H3,(H2,16,18)/b7-6-,17-10?/t11?,12-,13+/m1/s1. The quantitative estimate of drug-likeness (QED) is 0.427. The summed E-state index contributed by atoms with van der Waals surface area (Å²) in [5, 5.41) is 0. The number of hydrogen-bond donors (Lipinski definition) is 2. The zero-order chi connectivity index (χ0) is 13.5. The molecule has 0 aromatic heterocycles. The molecule has 1 rings (SSSR count). The van der Waals surface area contributed by atoms with Crippen LogP contribution in [0.4, 0.5) is 0 Å². The highest BCUT2D eigenvalue weighted by Gasteiger charge is 2.27. The van der Waals surface area contributed by atoms with Gasteiger partial charge in [0.1, 0.15) is 5.84 Å². The van der Waals surface area contributed by atoms with Gasteiger partial charge in [-0.1, -0.05) is 31.7 Å². The van der Waals surface area contributed by atoms with E-state index < -0.39 is 0 Å². The molecule has 3 atom stereocenters. The number of hydrogen-bond acceptors (Lipinski definition) is 3. The molecule has 100 valence electrons. The maximum absolute atomic E-state index is 5.94. The van der Waals surface area contributed by atoms with Crippen molar-refractivity contribution in [3.8, 4) is 0 Å². The number of rotatable bonds is 6. The van der Waals surface area contributed by atoms with E-state index >= 15 is 0 Å². The van der Waals surface area contributed by atoms with Crippen molar-refractivity contribution < 1.29 is 0 Å². The third-order valence-corrected chi connectivity index (χ3v) is 3.21. The van der Waals surface area contributed by atoms with E-state index in [1.54, 1.807) is 6.08 Å². The molecule has 0 aromatic carbocycles. The molecule has 4 N–H and O–H groups in total. The Labute approximate surface area is 110 Å². The Hall–Kier alpha value is -1.42. The average molecular weight is 248 g/mol. The molecule has 0 heterocycles. The van der Waals surface area contributed by atoms with Gasteiger partial charge in [0.2, 0.25) is 0 Å². The van der Waals surface area contributed by atoms with Crippen LogP contribution in [0.2, 0.25) is 0 Å². The van der Waals surface area contributed by atoms with Crippen molar-refractivity contribution in [2.24, 2.45) is 21.5 Å². The van der Waals surface area contributed by atoms with Crippen LogP contribution in [0.3, 0.4) is 0 Å². The third-order valence-electron chi connectivity index (χ3n) is 3.21. The van der Waals surface area contributed by atoms with Crippen molar-refractivity contribution in [3.63, 3.8) is 0 Å². The molecule has 1 unspecified atom stereocenters. The summed E-state index contributed by atoms with van der Waals surface area (Å²) in [6, 6.07) is 0.477. The maximum Gasteiger partial charge on any atom is 0.139 e. The van der Waals surface area contributed by atoms with Crippen LogP contribution in [-0.4, -0.2) is 29.7 Å². The zero-order valence-electron chi connectivity index (χ0n) is 11.3. The smallest absolute Gasteiger partial charge is 0.139 e. The van der Waals surface area contributed by atoms with E-state index in [0.29, 0.717) is 5.84 Å². The molecule has 1 aliphatic rings. The van der Waals surface area contributed by atoms with E-state index in [1.165, 1.54) is 0 Å². The highest BCUT2D eigenvalue weighted by atomic mass is 15.0. The van der Waals surface area contributed by atoms with Crippen molar-refractivity contribution in [3.05, 3.63) is 24.8 Å². The van der Waals surface area contributed by atoms with Gasteiger partial charge in [0.25, 0.3) is 0 Å². The first-order valence-corrected chi connectivity index (χ1v) is 6.51. The molecule has 4 heteroatoms. The minimum atomic E-state index is 0.131. The van der Waals surface area contributed by atoms with Gasteiger partial charge >= 0.3 is 0 Å². The van der Waals surface area contributed by atoms with E-state index in [0.717, 1.165) is 25.0 Å². The minimum Gasteiger partial charge on any atom is -0.382 e. The minimum absolute atomic E-state index is 0.131. The fraction of sp³-hybridized carbons (Fsp3) is 0.571. The van der Waals surface area contributed by atoms with Crippen molar-refractivity contribution in [1.82, 2.24) is 0 Å². The predicted molar refractivity (Wildman–Crippen MR) is 79.1 cm³/mol. The number of aliphatic imine (C=N–C) groups is 2. The van der Waals surface area contributed by atoms with E-state index in [1.807, 2.05) is 19.1 Å². The molecule has 0 spiro atoms. The number of amidine groups is 1. The Morgan fingerprint density at radius 3 is 2.67 bits per heavy atom. The van der Waals surface area contributed by atoms with Crippen LogP contribution in [0.25, 0.3) is 0 Å². The molecule has 4 nitrogen and oxygen atoms in total. The Balaban J connectivity index is 2.68. The first kappa shape index (κ1) is 14.6. The Bertz CT molecular complexity index is 368. The largest absolute Gasteiger partial charge is 0.382 e. The lowest BCUT2D eigenvalue weighted by Gasteiger charge is -2.30. The van der Waals surface area contributed by atoms with Crippen LogP contribution in [0, 0.1) is 0 Å². The van der Waals surface area contributed by atoms with Gasteiger partial charge < -0.3 is 11.5 Å². The van der Waals surface area contributed by atoms with E-state index in [-0.39, 0.29) is 18.1 Å². The van der Waals surface area contributed by atoms with Crippen molar-refractivity contribution >= 4 is 11.5 Å². The highest BCUT2D eigenvalue weighted by Crippen LogP contribution is 2.21. The van der Waals surface area contributed by atoms with Gasteiger partial charge in [-0.2, -0.15) is 0 Å². The molecule has 0 bridgehead atoms. The van der Waals surface area contributed by atoms with Gasteiger partial charge in [0.05, 0.1) is 17.8 Å². The van der Waals surface area contributed by atoms with Crippen LogP contribution in [-0.2, 0) is 0 Å². The summed E-state index contributed by atoms with van der Waals surface area (Å²) in [5.74, 6) is 0.514. The average Bonchev–Trinajstić information content (AvgIpc) is 2.38. The van der Waals surface area contributed by atoms with Crippen LogP contribution in [0.1, 0.15) is 33.1 Å². The Morgan fingerprint density at radius 1 is 1.50 bits per heavy atom. The molecule has 1 fully saturated rings. The molecule has 0 radical (unpaired) electrons. The molecule has 0 aliphatic heterocycles. The molecule has 0 amide bonds. The first-order chi connectivity index (χ1) is 8.58. The van der Waals surface area contributed by atoms with E-state index in [9.17, 15) is 0 Å². The normalized spacial score (nSPS) is 27.1. The predicted octanol–water partition coefficient (Wildman–Crippen LogP) is 1.81. The molecule has 1 saturated carbocycles. The van der Waals surface area contributed by atoms with Crippen LogP contribution in [0.5, 0.6) is 0 Å². The van der Waals surface area contributed by atoms with Crippen LogP contribution in [0.15, 0.2) is 34.8 Å². The van der Waals surface area contributed by atoms with Gasteiger partial charge in [-0.15, -0.1) is 0 Å². The highest BCUT2D eigenvalue weighted by molar-refractivity contribution is 6.40. The number of allylic oxidation sites excluding steroid dienone is 2. The topological polar surface area (TPSA) is 76.8 Å². The summed E-state index contributed by atoms with van der Waals surface area (Å²) in [7, 11) is 0. The molecular formula is C14H24N4. The summed E-state index contributed by atoms with van der Waals surface area (Å²) in [6.07, 6.45) is 8.66. The summed E-state index contributed by atoms with van der Waals surface area (Å²) < 4.78 is 0. The number of nitrogens with zero attached hydrogens (tertiary/aromatic N) is 2. The SMILES string of the molecule is C=C/C=C\C(CC)N=C(C)C(N)=N[C@H]1CC[C@H]1N. The summed E-state index contributed by atoms with van der Waals surface area (Å²) in [6.45, 7) is 7.63. The zero-order valence-corrected chi connectivity index (χ0v) is 11.3. The van der Waals surface area contributed by atoms with Gasteiger partial charge in [-0.05, 0) is 26.2 Å². The summed E-state index contributed by atoms with van der Waals surface area (Å²) in [5.41, 5.74) is 12.6. The maximum atomic E-state index is 5.94. The lowest BCUT2D eigenvalue weighted by atomic mass is 9.88. The Kier molecular flexibility index (Phi) is 5.78. The van der Waals surface area contributed by atoms with Gasteiger partial charge in [-0.3, -0.25) is 9.98 Å². The second kappa shape index (κ2) is 7.11. The van der Waals surface area contributed by atoms with Gasteiger partial charge in [-0.25, -0.2) is 0 Å². The second-order valence-electron chi connectivity index (χ2n) is 4.63. The second-order valence-corrected chi connectivity index (χ2v) is 4.63. The van der Waals surface area contributed by atoms with Crippen molar-refractivity contribution in [2.75, 3.05) is 0 Å². The van der Waals surface area contributed by atoms with Crippen LogP contribution < -0.4 is 11.5 Å². The Morgan fingerprint density at radius 2 is 2.22 bits per heavy atom. The molecule has 1 aliphatic carbocycles. The van der Waals surface area contributed by atoms with E-state index in [2.05, 4.69) is 23.5 Å². The van der Waals surface area contributed by atoms with Crippen molar-refractivity contribution in [1.29, 1.82) is 0 Å². The van der Waals surface area contributed by atoms with E-state index in [4.69, 9.17) is 11.5 Å². The monoisotopic (exact) mass is 248 g/mol. The van der Waals surface area contributed by atoms with Gasteiger partial charge in [0, 0.05) is 6.04 Å². The number of nitrogens with two attached hydrogens (primary N) is 2. The fourth-order valence-electron chi connectivity index (χ4n) is 1.73. The lowest BCUT2D eigenvalue weighted by molar-refractivity contribution is 0.349. The molecule has 18 heavy (non-hydrogen) atoms. The van der Waals surface area contributed by atoms with Crippen molar-refractivity contribution in [2.45, 2.75) is 51.2 Å². The molecule has 0 saturated heterocycles. The third kappa shape index (κ3) is 4.11. The van der Waals surface area contributed by atoms with Gasteiger partial charge in [0.15, 0.2) is 0 Å². The van der Waals surface area contributed by atoms with Crippen LogP contribution >= 0.6 is 0 Å².